The summed E-state index contributed by atoms with van der Waals surface area (Å²) in [6.07, 6.45) is 3.60. The number of carboxylic acid groups (broad SMARTS) is 1. The van der Waals surface area contributed by atoms with Crippen LogP contribution in [-0.4, -0.2) is 58.6 Å². The average molecular weight is 272 g/mol. The largest absolute Gasteiger partial charge is 0.480 e. The molecule has 2 heterocycles. The van der Waals surface area contributed by atoms with Gasteiger partial charge in [-0.15, -0.1) is 11.8 Å². The zero-order valence-corrected chi connectivity index (χ0v) is 11.2. The van der Waals surface area contributed by atoms with Crippen molar-refractivity contribution in [2.45, 2.75) is 37.0 Å². The van der Waals surface area contributed by atoms with Gasteiger partial charge in [0.15, 0.2) is 0 Å². The van der Waals surface area contributed by atoms with Crippen LogP contribution in [0, 0.1) is 0 Å². The zero-order valence-electron chi connectivity index (χ0n) is 10.4. The number of carbonyl (C=O) groups excluding carboxylic acids is 1. The van der Waals surface area contributed by atoms with Crippen molar-refractivity contribution in [3.8, 4) is 0 Å². The molecule has 0 radical (unpaired) electrons. The molecule has 102 valence electrons. The molecule has 0 aromatic rings. The Hall–Kier alpha value is -0.750. The highest BCUT2D eigenvalue weighted by Gasteiger charge is 2.33. The molecule has 0 aliphatic carbocycles. The van der Waals surface area contributed by atoms with Gasteiger partial charge in [0, 0.05) is 11.8 Å². The molecule has 6 heteroatoms. The minimum absolute atomic E-state index is 0.0107. The SMILES string of the molecule is O=C(O)C1CCCN1C(=O)CSC1CCNCC1. The topological polar surface area (TPSA) is 69.6 Å². The van der Waals surface area contributed by atoms with Crippen molar-refractivity contribution in [2.75, 3.05) is 25.4 Å². The van der Waals surface area contributed by atoms with E-state index in [0.717, 1.165) is 32.4 Å². The van der Waals surface area contributed by atoms with E-state index in [0.29, 0.717) is 24.0 Å². The molecule has 0 aromatic carbocycles. The fourth-order valence-corrected chi connectivity index (χ4v) is 3.67. The van der Waals surface area contributed by atoms with Gasteiger partial charge >= 0.3 is 5.97 Å². The summed E-state index contributed by atoms with van der Waals surface area (Å²) in [5.41, 5.74) is 0. The fourth-order valence-electron chi connectivity index (χ4n) is 2.56. The number of likely N-dealkylation sites (tertiary alicyclic amines) is 1. The normalized spacial score (nSPS) is 25.3. The third kappa shape index (κ3) is 3.38. The van der Waals surface area contributed by atoms with E-state index in [-0.39, 0.29) is 5.91 Å². The van der Waals surface area contributed by atoms with E-state index in [1.54, 1.807) is 11.8 Å². The van der Waals surface area contributed by atoms with Gasteiger partial charge in [-0.25, -0.2) is 4.79 Å². The first-order valence-electron chi connectivity index (χ1n) is 6.53. The quantitative estimate of drug-likeness (QED) is 0.782. The third-order valence-corrected chi connectivity index (χ3v) is 4.94. The van der Waals surface area contributed by atoms with E-state index in [2.05, 4.69) is 5.32 Å². The van der Waals surface area contributed by atoms with Crippen molar-refractivity contribution in [3.63, 3.8) is 0 Å². The van der Waals surface area contributed by atoms with Crippen LogP contribution in [0.1, 0.15) is 25.7 Å². The van der Waals surface area contributed by atoms with Crippen molar-refractivity contribution in [2.24, 2.45) is 0 Å². The van der Waals surface area contributed by atoms with Gasteiger partial charge in [0.05, 0.1) is 5.75 Å². The van der Waals surface area contributed by atoms with Crippen molar-refractivity contribution >= 4 is 23.6 Å². The van der Waals surface area contributed by atoms with Gasteiger partial charge in [-0.1, -0.05) is 0 Å². The standard InChI is InChI=1S/C12H20N2O3S/c15-11(8-18-9-3-5-13-6-4-9)14-7-1-2-10(14)12(16)17/h9-10,13H,1-8H2,(H,16,17). The molecule has 0 bridgehead atoms. The van der Waals surface area contributed by atoms with Gasteiger partial charge < -0.3 is 15.3 Å². The van der Waals surface area contributed by atoms with Crippen molar-refractivity contribution in [1.82, 2.24) is 10.2 Å². The summed E-state index contributed by atoms with van der Waals surface area (Å²) in [5, 5.41) is 12.9. The highest BCUT2D eigenvalue weighted by Crippen LogP contribution is 2.23. The Morgan fingerprint density at radius 3 is 2.67 bits per heavy atom. The molecule has 1 atom stereocenters. The molecular formula is C12H20N2O3S. The van der Waals surface area contributed by atoms with E-state index < -0.39 is 12.0 Å². The first-order valence-corrected chi connectivity index (χ1v) is 7.58. The lowest BCUT2D eigenvalue weighted by molar-refractivity contribution is -0.147. The lowest BCUT2D eigenvalue weighted by Crippen LogP contribution is -2.41. The van der Waals surface area contributed by atoms with Gasteiger partial charge in [0.25, 0.3) is 0 Å². The monoisotopic (exact) mass is 272 g/mol. The second kappa shape index (κ2) is 6.43. The highest BCUT2D eigenvalue weighted by molar-refractivity contribution is 8.00. The van der Waals surface area contributed by atoms with Gasteiger partial charge in [-0.2, -0.15) is 0 Å². The fraction of sp³-hybridized carbons (Fsp3) is 0.833. The summed E-state index contributed by atoms with van der Waals surface area (Å²) in [5.74, 6) is -0.454. The lowest BCUT2D eigenvalue weighted by Gasteiger charge is -2.25. The van der Waals surface area contributed by atoms with Crippen LogP contribution in [0.25, 0.3) is 0 Å². The van der Waals surface area contributed by atoms with Gasteiger partial charge in [0.2, 0.25) is 5.91 Å². The third-order valence-electron chi connectivity index (χ3n) is 3.59. The smallest absolute Gasteiger partial charge is 0.326 e. The molecule has 2 rings (SSSR count). The summed E-state index contributed by atoms with van der Waals surface area (Å²) in [6, 6.07) is -0.592. The minimum atomic E-state index is -0.868. The summed E-state index contributed by atoms with van der Waals surface area (Å²) in [4.78, 5) is 24.6. The Morgan fingerprint density at radius 2 is 2.00 bits per heavy atom. The van der Waals surface area contributed by atoms with Gasteiger partial charge in [-0.3, -0.25) is 4.79 Å². The summed E-state index contributed by atoms with van der Waals surface area (Å²) >= 11 is 1.68. The number of amides is 1. The molecule has 1 unspecified atom stereocenters. The van der Waals surface area contributed by atoms with Crippen molar-refractivity contribution < 1.29 is 14.7 Å². The van der Waals surface area contributed by atoms with Crippen LogP contribution in [0.15, 0.2) is 0 Å². The molecule has 0 saturated carbocycles. The van der Waals surface area contributed by atoms with E-state index in [4.69, 9.17) is 5.11 Å². The Labute approximate surface area is 111 Å². The van der Waals surface area contributed by atoms with Crippen LogP contribution >= 0.6 is 11.8 Å². The number of aliphatic carboxylic acids is 1. The summed E-state index contributed by atoms with van der Waals surface area (Å²) in [6.45, 7) is 2.64. The molecule has 5 nitrogen and oxygen atoms in total. The van der Waals surface area contributed by atoms with Crippen LogP contribution in [-0.2, 0) is 9.59 Å². The second-order valence-corrected chi connectivity index (χ2v) is 6.13. The number of hydrogen-bond donors (Lipinski definition) is 2. The first-order chi connectivity index (χ1) is 8.68. The van der Waals surface area contributed by atoms with Crippen molar-refractivity contribution in [1.29, 1.82) is 0 Å². The zero-order chi connectivity index (χ0) is 13.0. The number of hydrogen-bond acceptors (Lipinski definition) is 4. The van der Waals surface area contributed by atoms with Crippen LogP contribution in [0.2, 0.25) is 0 Å². The van der Waals surface area contributed by atoms with E-state index in [9.17, 15) is 9.59 Å². The number of nitrogens with one attached hydrogen (secondary N) is 1. The van der Waals surface area contributed by atoms with E-state index >= 15 is 0 Å². The van der Waals surface area contributed by atoms with Crippen molar-refractivity contribution in [3.05, 3.63) is 0 Å². The molecule has 18 heavy (non-hydrogen) atoms. The Bertz CT molecular complexity index is 318. The minimum Gasteiger partial charge on any atom is -0.480 e. The molecule has 2 aliphatic rings. The number of carbonyl (C=O) groups is 2. The maximum Gasteiger partial charge on any atom is 0.326 e. The average Bonchev–Trinajstić information content (AvgIpc) is 2.86. The highest BCUT2D eigenvalue weighted by atomic mass is 32.2. The summed E-state index contributed by atoms with van der Waals surface area (Å²) < 4.78 is 0. The molecule has 0 spiro atoms. The Morgan fingerprint density at radius 1 is 1.28 bits per heavy atom. The molecule has 2 saturated heterocycles. The Kier molecular flexibility index (Phi) is 4.88. The Balaban J connectivity index is 1.78. The second-order valence-electron chi connectivity index (χ2n) is 4.84. The molecule has 0 aromatic heterocycles. The van der Waals surface area contributed by atoms with E-state index in [1.807, 2.05) is 0 Å². The molecule has 2 N–H and O–H groups in total. The number of rotatable bonds is 4. The van der Waals surface area contributed by atoms with Gasteiger partial charge in [-0.05, 0) is 38.8 Å². The first kappa shape index (κ1) is 13.7. The van der Waals surface area contributed by atoms with Crippen LogP contribution in [0.5, 0.6) is 0 Å². The van der Waals surface area contributed by atoms with Crippen LogP contribution in [0.3, 0.4) is 0 Å². The lowest BCUT2D eigenvalue weighted by atomic mass is 10.2. The van der Waals surface area contributed by atoms with E-state index in [1.165, 1.54) is 4.90 Å². The maximum atomic E-state index is 12.0. The predicted molar refractivity (Wildman–Crippen MR) is 70.7 cm³/mol. The summed E-state index contributed by atoms with van der Waals surface area (Å²) in [7, 11) is 0. The maximum absolute atomic E-state index is 12.0. The molecule has 2 aliphatic heterocycles. The predicted octanol–water partition coefficient (Wildman–Crippen LogP) is 0.547. The van der Waals surface area contributed by atoms with Crippen LogP contribution in [0.4, 0.5) is 0 Å². The number of thioether (sulfide) groups is 1. The molecular weight excluding hydrogens is 252 g/mol. The number of piperidine rings is 1. The number of nitrogens with zero attached hydrogens (tertiary/aromatic N) is 1. The van der Waals surface area contributed by atoms with Gasteiger partial charge in [0.1, 0.15) is 6.04 Å². The molecule has 2 fully saturated rings. The molecule has 1 amide bonds. The van der Waals surface area contributed by atoms with Crippen LogP contribution < -0.4 is 5.32 Å². The number of carboxylic acids is 1.